The van der Waals surface area contributed by atoms with Gasteiger partial charge in [-0.05, 0) is 18.6 Å². The average molecular weight is 311 g/mol. The van der Waals surface area contributed by atoms with Gasteiger partial charge in [0.1, 0.15) is 11.0 Å². The Morgan fingerprint density at radius 2 is 2.30 bits per heavy atom. The van der Waals surface area contributed by atoms with E-state index in [2.05, 4.69) is 9.97 Å². The molecule has 1 aliphatic rings. The van der Waals surface area contributed by atoms with E-state index in [1.54, 1.807) is 24.5 Å². The van der Waals surface area contributed by atoms with Crippen LogP contribution in [0.1, 0.15) is 6.42 Å². The molecule has 8 heteroatoms. The highest BCUT2D eigenvalue weighted by Gasteiger charge is 2.34. The van der Waals surface area contributed by atoms with Gasteiger partial charge in [-0.2, -0.15) is 4.31 Å². The highest BCUT2D eigenvalue weighted by atomic mass is 32.2. The van der Waals surface area contributed by atoms with Crippen LogP contribution in [-0.2, 0) is 10.0 Å². The Kier molecular flexibility index (Phi) is 3.68. The normalized spacial score (nSPS) is 20.1. The van der Waals surface area contributed by atoms with Crippen molar-refractivity contribution < 1.29 is 13.2 Å². The molecule has 1 aliphatic heterocycles. The SMILES string of the molecule is O=S(=O)(c1cccnc1)N1CCC(Oc2nccs2)C1. The van der Waals surface area contributed by atoms with Crippen molar-refractivity contribution in [2.45, 2.75) is 17.4 Å². The Morgan fingerprint density at radius 1 is 1.40 bits per heavy atom. The summed E-state index contributed by atoms with van der Waals surface area (Å²) < 4.78 is 31.9. The van der Waals surface area contributed by atoms with E-state index < -0.39 is 10.0 Å². The summed E-state index contributed by atoms with van der Waals surface area (Å²) in [5, 5.41) is 2.41. The molecule has 0 bridgehead atoms. The summed E-state index contributed by atoms with van der Waals surface area (Å²) in [4.78, 5) is 8.12. The number of nitrogens with zero attached hydrogens (tertiary/aromatic N) is 3. The molecule has 2 aromatic rings. The van der Waals surface area contributed by atoms with Crippen molar-refractivity contribution in [2.75, 3.05) is 13.1 Å². The summed E-state index contributed by atoms with van der Waals surface area (Å²) >= 11 is 1.40. The van der Waals surface area contributed by atoms with Gasteiger partial charge in [-0.15, -0.1) is 0 Å². The summed E-state index contributed by atoms with van der Waals surface area (Å²) in [7, 11) is -3.48. The van der Waals surface area contributed by atoms with Crippen molar-refractivity contribution in [3.8, 4) is 5.19 Å². The zero-order chi connectivity index (χ0) is 14.0. The van der Waals surface area contributed by atoms with Crippen molar-refractivity contribution in [1.29, 1.82) is 0 Å². The summed E-state index contributed by atoms with van der Waals surface area (Å²) in [6, 6.07) is 3.17. The first kappa shape index (κ1) is 13.5. The van der Waals surface area contributed by atoms with Gasteiger partial charge in [0.25, 0.3) is 5.19 Å². The summed E-state index contributed by atoms with van der Waals surface area (Å²) in [6.45, 7) is 0.796. The van der Waals surface area contributed by atoms with Crippen LogP contribution in [0.5, 0.6) is 5.19 Å². The second-order valence-corrected chi connectivity index (χ2v) is 7.17. The molecular formula is C12H13N3O3S2. The number of rotatable bonds is 4. The smallest absolute Gasteiger partial charge is 0.273 e. The standard InChI is InChI=1S/C12H13N3O3S2/c16-20(17,11-2-1-4-13-8-11)15-6-3-10(9-15)18-12-14-5-7-19-12/h1-2,4-5,7-8,10H,3,6,9H2. The molecule has 0 radical (unpaired) electrons. The molecule has 20 heavy (non-hydrogen) atoms. The Balaban J connectivity index is 1.71. The zero-order valence-corrected chi connectivity index (χ0v) is 12.2. The summed E-state index contributed by atoms with van der Waals surface area (Å²) in [6.07, 6.45) is 5.10. The first-order valence-corrected chi connectivity index (χ1v) is 8.44. The largest absolute Gasteiger partial charge is 0.465 e. The molecule has 0 aromatic carbocycles. The van der Waals surface area contributed by atoms with E-state index in [1.165, 1.54) is 21.8 Å². The highest BCUT2D eigenvalue weighted by Crippen LogP contribution is 2.24. The van der Waals surface area contributed by atoms with E-state index >= 15 is 0 Å². The van der Waals surface area contributed by atoms with Crippen molar-refractivity contribution >= 4 is 21.4 Å². The van der Waals surface area contributed by atoms with Gasteiger partial charge in [0.15, 0.2) is 0 Å². The third-order valence-electron chi connectivity index (χ3n) is 3.06. The fraction of sp³-hybridized carbons (Fsp3) is 0.333. The number of ether oxygens (including phenoxy) is 1. The summed E-state index contributed by atoms with van der Waals surface area (Å²) in [5.74, 6) is 0. The first-order chi connectivity index (χ1) is 9.66. The minimum atomic E-state index is -3.48. The molecule has 1 fully saturated rings. The zero-order valence-electron chi connectivity index (χ0n) is 10.5. The van der Waals surface area contributed by atoms with Gasteiger partial charge in [-0.1, -0.05) is 11.3 Å². The van der Waals surface area contributed by atoms with Gasteiger partial charge in [0.2, 0.25) is 10.0 Å². The second kappa shape index (κ2) is 5.47. The maximum absolute atomic E-state index is 12.4. The lowest BCUT2D eigenvalue weighted by atomic mass is 10.3. The molecule has 1 atom stereocenters. The van der Waals surface area contributed by atoms with Crippen LogP contribution >= 0.6 is 11.3 Å². The molecule has 0 amide bonds. The van der Waals surface area contributed by atoms with Crippen LogP contribution in [0.2, 0.25) is 0 Å². The van der Waals surface area contributed by atoms with E-state index in [4.69, 9.17) is 4.74 Å². The molecule has 6 nitrogen and oxygen atoms in total. The lowest BCUT2D eigenvalue weighted by Gasteiger charge is -2.16. The number of thiazole rings is 1. The molecule has 3 rings (SSSR count). The van der Waals surface area contributed by atoms with E-state index in [1.807, 2.05) is 5.38 Å². The Bertz CT molecular complexity index is 659. The molecule has 1 saturated heterocycles. The number of pyridine rings is 1. The lowest BCUT2D eigenvalue weighted by Crippen LogP contribution is -2.31. The van der Waals surface area contributed by atoms with Gasteiger partial charge >= 0.3 is 0 Å². The molecule has 2 aromatic heterocycles. The Labute approximate surface area is 121 Å². The lowest BCUT2D eigenvalue weighted by molar-refractivity contribution is 0.214. The molecule has 0 N–H and O–H groups in total. The predicted molar refractivity (Wildman–Crippen MR) is 74.1 cm³/mol. The molecule has 0 spiro atoms. The number of aromatic nitrogens is 2. The van der Waals surface area contributed by atoms with Crippen LogP contribution in [0.15, 0.2) is 41.0 Å². The molecule has 0 saturated carbocycles. The highest BCUT2D eigenvalue weighted by molar-refractivity contribution is 7.89. The van der Waals surface area contributed by atoms with E-state index in [-0.39, 0.29) is 11.0 Å². The van der Waals surface area contributed by atoms with E-state index in [0.29, 0.717) is 24.7 Å². The van der Waals surface area contributed by atoms with Crippen molar-refractivity contribution in [1.82, 2.24) is 14.3 Å². The quantitative estimate of drug-likeness (QED) is 0.853. The van der Waals surface area contributed by atoms with E-state index in [9.17, 15) is 8.42 Å². The van der Waals surface area contributed by atoms with Crippen molar-refractivity contribution in [2.24, 2.45) is 0 Å². The monoisotopic (exact) mass is 311 g/mol. The third-order valence-corrected chi connectivity index (χ3v) is 5.57. The van der Waals surface area contributed by atoms with E-state index in [0.717, 1.165) is 0 Å². The Hall–Kier alpha value is -1.51. The van der Waals surface area contributed by atoms with Crippen LogP contribution in [0.4, 0.5) is 0 Å². The van der Waals surface area contributed by atoms with Crippen LogP contribution < -0.4 is 4.74 Å². The molecular weight excluding hydrogens is 298 g/mol. The maximum atomic E-state index is 12.4. The van der Waals surface area contributed by atoms with Gasteiger partial charge in [0, 0.05) is 30.5 Å². The number of hydrogen-bond acceptors (Lipinski definition) is 6. The molecule has 106 valence electrons. The van der Waals surface area contributed by atoms with Gasteiger partial charge in [-0.3, -0.25) is 4.98 Å². The van der Waals surface area contributed by atoms with Crippen LogP contribution in [0.3, 0.4) is 0 Å². The molecule has 0 aliphatic carbocycles. The Morgan fingerprint density at radius 3 is 3.00 bits per heavy atom. The minimum Gasteiger partial charge on any atom is -0.465 e. The van der Waals surface area contributed by atoms with Gasteiger partial charge in [-0.25, -0.2) is 13.4 Å². The maximum Gasteiger partial charge on any atom is 0.273 e. The average Bonchev–Trinajstić information content (AvgIpc) is 3.12. The second-order valence-electron chi connectivity index (χ2n) is 4.38. The third kappa shape index (κ3) is 2.67. The topological polar surface area (TPSA) is 72.4 Å². The number of hydrogen-bond donors (Lipinski definition) is 0. The minimum absolute atomic E-state index is 0.146. The number of sulfonamides is 1. The van der Waals surface area contributed by atoms with Crippen LogP contribution in [-0.4, -0.2) is 41.9 Å². The van der Waals surface area contributed by atoms with Gasteiger partial charge in [0.05, 0.1) is 6.54 Å². The molecule has 3 heterocycles. The van der Waals surface area contributed by atoms with Crippen molar-refractivity contribution in [3.05, 3.63) is 36.1 Å². The van der Waals surface area contributed by atoms with Crippen LogP contribution in [0, 0.1) is 0 Å². The molecule has 1 unspecified atom stereocenters. The van der Waals surface area contributed by atoms with Crippen molar-refractivity contribution in [3.63, 3.8) is 0 Å². The fourth-order valence-electron chi connectivity index (χ4n) is 2.07. The first-order valence-electron chi connectivity index (χ1n) is 6.12. The summed E-state index contributed by atoms with van der Waals surface area (Å²) in [5.41, 5.74) is 0. The predicted octanol–water partition coefficient (Wildman–Crippen LogP) is 1.38. The fourth-order valence-corrected chi connectivity index (χ4v) is 4.07. The van der Waals surface area contributed by atoms with Gasteiger partial charge < -0.3 is 4.74 Å². The van der Waals surface area contributed by atoms with Crippen LogP contribution in [0.25, 0.3) is 0 Å².